The predicted octanol–water partition coefficient (Wildman–Crippen LogP) is 2.13. The van der Waals surface area contributed by atoms with Crippen molar-refractivity contribution >= 4 is 50.7 Å². The highest BCUT2D eigenvalue weighted by Crippen LogP contribution is 2.27. The second-order valence-electron chi connectivity index (χ2n) is 6.08. The van der Waals surface area contributed by atoms with Gasteiger partial charge in [0.25, 0.3) is 5.91 Å². The van der Waals surface area contributed by atoms with Gasteiger partial charge >= 0.3 is 0 Å². The van der Waals surface area contributed by atoms with E-state index < -0.39 is 0 Å². The molecule has 0 saturated carbocycles. The predicted molar refractivity (Wildman–Crippen MR) is 103 cm³/mol. The molecular weight excluding hydrogens is 374 g/mol. The SMILES string of the molecule is Cn1cc(NC(=O)c2csc3ncc(N4CCCNCC4)nc23)c(Cl)n1. The van der Waals surface area contributed by atoms with E-state index in [0.29, 0.717) is 16.8 Å². The Kier molecular flexibility index (Phi) is 4.75. The van der Waals surface area contributed by atoms with Crippen LogP contribution in [0.1, 0.15) is 16.8 Å². The molecule has 0 radical (unpaired) electrons. The van der Waals surface area contributed by atoms with Crippen LogP contribution in [0, 0.1) is 0 Å². The number of thiophene rings is 1. The summed E-state index contributed by atoms with van der Waals surface area (Å²) in [6.45, 7) is 3.71. The average molecular weight is 392 g/mol. The van der Waals surface area contributed by atoms with Gasteiger partial charge in [0.05, 0.1) is 17.4 Å². The Balaban J connectivity index is 1.63. The summed E-state index contributed by atoms with van der Waals surface area (Å²) in [6, 6.07) is 0. The van der Waals surface area contributed by atoms with Crippen LogP contribution in [0.2, 0.25) is 5.15 Å². The molecule has 4 heterocycles. The minimum absolute atomic E-state index is 0.254. The van der Waals surface area contributed by atoms with Gasteiger partial charge in [-0.15, -0.1) is 11.3 Å². The number of aryl methyl sites for hydroxylation is 1. The maximum Gasteiger partial charge on any atom is 0.258 e. The van der Waals surface area contributed by atoms with Crippen LogP contribution in [0.3, 0.4) is 0 Å². The van der Waals surface area contributed by atoms with Crippen molar-refractivity contribution in [1.82, 2.24) is 25.1 Å². The Morgan fingerprint density at radius 2 is 2.27 bits per heavy atom. The molecule has 0 bridgehead atoms. The number of halogens is 1. The van der Waals surface area contributed by atoms with E-state index in [4.69, 9.17) is 16.6 Å². The third-order valence-corrected chi connectivity index (χ3v) is 5.37. The van der Waals surface area contributed by atoms with Gasteiger partial charge in [0.1, 0.15) is 16.2 Å². The van der Waals surface area contributed by atoms with E-state index in [1.807, 2.05) is 0 Å². The molecule has 3 aromatic rings. The fourth-order valence-electron chi connectivity index (χ4n) is 2.92. The van der Waals surface area contributed by atoms with Crippen LogP contribution in [-0.4, -0.2) is 51.8 Å². The Morgan fingerprint density at radius 1 is 1.38 bits per heavy atom. The number of nitrogens with one attached hydrogen (secondary N) is 2. The van der Waals surface area contributed by atoms with Crippen molar-refractivity contribution in [2.24, 2.45) is 7.05 Å². The van der Waals surface area contributed by atoms with Gasteiger partial charge in [0.2, 0.25) is 0 Å². The van der Waals surface area contributed by atoms with E-state index in [2.05, 4.69) is 25.6 Å². The minimum atomic E-state index is -0.268. The molecule has 0 aliphatic carbocycles. The first-order chi connectivity index (χ1) is 12.6. The van der Waals surface area contributed by atoms with Gasteiger partial charge in [0.15, 0.2) is 5.15 Å². The van der Waals surface area contributed by atoms with Gasteiger partial charge in [-0.1, -0.05) is 11.6 Å². The number of rotatable bonds is 3. The van der Waals surface area contributed by atoms with E-state index in [1.165, 1.54) is 11.3 Å². The Bertz CT molecular complexity index is 945. The van der Waals surface area contributed by atoms with Crippen molar-refractivity contribution in [3.8, 4) is 0 Å². The van der Waals surface area contributed by atoms with Crippen LogP contribution in [0.5, 0.6) is 0 Å². The molecule has 1 amide bonds. The van der Waals surface area contributed by atoms with Crippen LogP contribution < -0.4 is 15.5 Å². The van der Waals surface area contributed by atoms with Crippen molar-refractivity contribution < 1.29 is 4.79 Å². The van der Waals surface area contributed by atoms with Crippen molar-refractivity contribution in [3.05, 3.63) is 28.5 Å². The molecule has 1 fully saturated rings. The zero-order valence-corrected chi connectivity index (χ0v) is 15.8. The summed E-state index contributed by atoms with van der Waals surface area (Å²) in [5.74, 6) is 0.531. The normalized spacial score (nSPS) is 15.2. The summed E-state index contributed by atoms with van der Waals surface area (Å²) >= 11 is 7.43. The maximum atomic E-state index is 12.7. The smallest absolute Gasteiger partial charge is 0.258 e. The van der Waals surface area contributed by atoms with E-state index >= 15 is 0 Å². The molecule has 0 aromatic carbocycles. The number of fused-ring (bicyclic) bond motifs is 1. The summed E-state index contributed by atoms with van der Waals surface area (Å²) in [5, 5.41) is 12.2. The van der Waals surface area contributed by atoms with Gasteiger partial charge in [-0.3, -0.25) is 9.48 Å². The largest absolute Gasteiger partial charge is 0.354 e. The topological polar surface area (TPSA) is 88.0 Å². The van der Waals surface area contributed by atoms with Crippen LogP contribution in [-0.2, 0) is 7.05 Å². The molecule has 3 aromatic heterocycles. The lowest BCUT2D eigenvalue weighted by atomic mass is 10.2. The number of carbonyl (C=O) groups is 1. The zero-order chi connectivity index (χ0) is 18.1. The van der Waals surface area contributed by atoms with Crippen molar-refractivity contribution in [2.75, 3.05) is 36.4 Å². The lowest BCUT2D eigenvalue weighted by Gasteiger charge is -2.20. The first-order valence-corrected chi connectivity index (χ1v) is 9.58. The van der Waals surface area contributed by atoms with Crippen molar-refractivity contribution in [3.63, 3.8) is 0 Å². The van der Waals surface area contributed by atoms with Crippen LogP contribution in [0.4, 0.5) is 11.5 Å². The molecule has 2 N–H and O–H groups in total. The number of hydrogen-bond acceptors (Lipinski definition) is 7. The maximum absolute atomic E-state index is 12.7. The Morgan fingerprint density at radius 3 is 3.08 bits per heavy atom. The molecular formula is C16H18ClN7OS. The van der Waals surface area contributed by atoms with Crippen LogP contribution in [0.15, 0.2) is 17.8 Å². The van der Waals surface area contributed by atoms with E-state index in [9.17, 15) is 4.79 Å². The molecule has 10 heteroatoms. The summed E-state index contributed by atoms with van der Waals surface area (Å²) in [5.41, 5.74) is 1.58. The van der Waals surface area contributed by atoms with Crippen molar-refractivity contribution in [2.45, 2.75) is 6.42 Å². The molecule has 0 unspecified atom stereocenters. The molecule has 0 spiro atoms. The average Bonchev–Trinajstić information content (AvgIpc) is 3.05. The molecule has 1 aliphatic heterocycles. The Hall–Kier alpha value is -2.23. The van der Waals surface area contributed by atoms with E-state index in [1.54, 1.807) is 29.5 Å². The third kappa shape index (κ3) is 3.37. The number of nitrogens with zero attached hydrogens (tertiary/aromatic N) is 5. The second-order valence-corrected chi connectivity index (χ2v) is 7.30. The van der Waals surface area contributed by atoms with Crippen molar-refractivity contribution in [1.29, 1.82) is 0 Å². The highest BCUT2D eigenvalue weighted by molar-refractivity contribution is 7.17. The molecule has 4 rings (SSSR count). The highest BCUT2D eigenvalue weighted by atomic mass is 35.5. The van der Waals surface area contributed by atoms with E-state index in [-0.39, 0.29) is 11.1 Å². The third-order valence-electron chi connectivity index (χ3n) is 4.21. The lowest BCUT2D eigenvalue weighted by Crippen LogP contribution is -2.28. The number of amides is 1. The van der Waals surface area contributed by atoms with Gasteiger partial charge in [-0.25, -0.2) is 9.97 Å². The van der Waals surface area contributed by atoms with Gasteiger partial charge < -0.3 is 15.5 Å². The van der Waals surface area contributed by atoms with Gasteiger partial charge in [-0.2, -0.15) is 5.10 Å². The number of aromatic nitrogens is 4. The summed E-state index contributed by atoms with van der Waals surface area (Å²) in [6.07, 6.45) is 4.50. The fourth-order valence-corrected chi connectivity index (χ4v) is 3.97. The standard InChI is InChI=1S/C16H18ClN7OS/c1-23-8-11(14(17)22-23)20-15(25)10-9-26-16-13(10)21-12(7-19-16)24-5-2-3-18-4-6-24/h7-9,18H,2-6H2,1H3,(H,20,25). The quantitative estimate of drug-likeness (QED) is 0.711. The number of carbonyl (C=O) groups excluding carboxylic acids is 1. The first-order valence-electron chi connectivity index (χ1n) is 8.32. The lowest BCUT2D eigenvalue weighted by molar-refractivity contribution is 0.102. The monoisotopic (exact) mass is 391 g/mol. The Labute approximate surface area is 159 Å². The minimum Gasteiger partial charge on any atom is -0.354 e. The second kappa shape index (κ2) is 7.18. The van der Waals surface area contributed by atoms with E-state index in [0.717, 1.165) is 43.2 Å². The molecule has 1 saturated heterocycles. The molecule has 136 valence electrons. The molecule has 26 heavy (non-hydrogen) atoms. The molecule has 1 aliphatic rings. The highest BCUT2D eigenvalue weighted by Gasteiger charge is 2.19. The molecule has 8 nitrogen and oxygen atoms in total. The van der Waals surface area contributed by atoms with Crippen LogP contribution >= 0.6 is 22.9 Å². The zero-order valence-electron chi connectivity index (χ0n) is 14.2. The van der Waals surface area contributed by atoms with Gasteiger partial charge in [0, 0.05) is 38.3 Å². The van der Waals surface area contributed by atoms with Gasteiger partial charge in [-0.05, 0) is 13.0 Å². The molecule has 0 atom stereocenters. The number of anilines is 2. The summed E-state index contributed by atoms with van der Waals surface area (Å²) in [4.78, 5) is 24.9. The first kappa shape index (κ1) is 17.2. The fraction of sp³-hybridized carbons (Fsp3) is 0.375. The summed E-state index contributed by atoms with van der Waals surface area (Å²) in [7, 11) is 1.75. The summed E-state index contributed by atoms with van der Waals surface area (Å²) < 4.78 is 1.55. The number of hydrogen-bond donors (Lipinski definition) is 2. The van der Waals surface area contributed by atoms with Crippen LogP contribution in [0.25, 0.3) is 10.3 Å².